The van der Waals surface area contributed by atoms with Crippen molar-refractivity contribution in [2.45, 2.75) is 6.04 Å². The number of hydrogen-bond acceptors (Lipinski definition) is 5. The lowest BCUT2D eigenvalue weighted by atomic mass is 10.1. The van der Waals surface area contributed by atoms with Crippen LogP contribution < -0.4 is 5.32 Å². The van der Waals surface area contributed by atoms with E-state index in [4.69, 9.17) is 0 Å². The van der Waals surface area contributed by atoms with Gasteiger partial charge in [0.05, 0.1) is 22.6 Å². The van der Waals surface area contributed by atoms with Crippen molar-refractivity contribution in [2.24, 2.45) is 0 Å². The summed E-state index contributed by atoms with van der Waals surface area (Å²) in [7, 11) is 3.97. The highest BCUT2D eigenvalue weighted by Crippen LogP contribution is 2.29. The fourth-order valence-corrected chi connectivity index (χ4v) is 3.87. The molecule has 0 unspecified atom stereocenters. The maximum Gasteiger partial charge on any atom is 0.287 e. The SMILES string of the molecule is CN(C)C[C@@H](NC(=O)c1nc2cc3c(-c4ccncc4)n[nH]c3cc2[nH]1)c1ccccc1. The van der Waals surface area contributed by atoms with Gasteiger partial charge in [0.25, 0.3) is 5.91 Å². The smallest absolute Gasteiger partial charge is 0.287 e. The van der Waals surface area contributed by atoms with Gasteiger partial charge in [0.1, 0.15) is 5.69 Å². The van der Waals surface area contributed by atoms with Gasteiger partial charge in [-0.2, -0.15) is 5.10 Å². The minimum absolute atomic E-state index is 0.149. The molecule has 1 amide bonds. The quantitative estimate of drug-likeness (QED) is 0.386. The van der Waals surface area contributed by atoms with Gasteiger partial charge in [-0.15, -0.1) is 0 Å². The van der Waals surface area contributed by atoms with Crippen LogP contribution in [0.2, 0.25) is 0 Å². The van der Waals surface area contributed by atoms with Crippen molar-refractivity contribution in [2.75, 3.05) is 20.6 Å². The first-order valence-corrected chi connectivity index (χ1v) is 10.4. The van der Waals surface area contributed by atoms with E-state index in [1.165, 1.54) is 0 Å². The second-order valence-corrected chi connectivity index (χ2v) is 8.01. The number of pyridine rings is 1. The van der Waals surface area contributed by atoms with E-state index in [9.17, 15) is 4.79 Å². The molecule has 160 valence electrons. The third-order valence-electron chi connectivity index (χ3n) is 5.39. The van der Waals surface area contributed by atoms with Crippen molar-refractivity contribution < 1.29 is 4.79 Å². The monoisotopic (exact) mass is 425 g/mol. The standard InChI is InChI=1S/C24H23N7O/c1-31(2)14-21(15-6-4-3-5-7-15)28-24(32)23-26-19-12-17-18(13-20(19)27-23)29-30-22(17)16-8-10-25-11-9-16/h3-13,21H,14H2,1-2H3,(H,26,27)(H,28,32)(H,29,30)/t21-/m1/s1. The number of aromatic amines is 2. The van der Waals surface area contributed by atoms with E-state index in [-0.39, 0.29) is 17.8 Å². The van der Waals surface area contributed by atoms with Gasteiger partial charge in [0, 0.05) is 29.9 Å². The molecule has 0 radical (unpaired) electrons. The summed E-state index contributed by atoms with van der Waals surface area (Å²) in [6, 6.07) is 17.5. The minimum atomic E-state index is -0.243. The third-order valence-corrected chi connectivity index (χ3v) is 5.39. The number of benzene rings is 2. The predicted octanol–water partition coefficient (Wildman–Crippen LogP) is 3.53. The summed E-state index contributed by atoms with van der Waals surface area (Å²) in [5.41, 5.74) is 5.20. The number of aromatic nitrogens is 5. The summed E-state index contributed by atoms with van der Waals surface area (Å²) < 4.78 is 0. The topological polar surface area (TPSA) is 103 Å². The Morgan fingerprint density at radius 3 is 2.59 bits per heavy atom. The molecule has 8 heteroatoms. The van der Waals surface area contributed by atoms with Crippen molar-refractivity contribution in [1.82, 2.24) is 35.4 Å². The van der Waals surface area contributed by atoms with Gasteiger partial charge in [-0.05, 0) is 43.9 Å². The maximum atomic E-state index is 13.0. The highest BCUT2D eigenvalue weighted by molar-refractivity contribution is 6.02. The summed E-state index contributed by atoms with van der Waals surface area (Å²) in [6.45, 7) is 0.681. The predicted molar refractivity (Wildman–Crippen MR) is 124 cm³/mol. The number of nitrogens with zero attached hydrogens (tertiary/aromatic N) is 4. The fraction of sp³-hybridized carbons (Fsp3) is 0.167. The molecule has 0 saturated carbocycles. The van der Waals surface area contributed by atoms with Crippen molar-refractivity contribution in [3.05, 3.63) is 78.4 Å². The summed E-state index contributed by atoms with van der Waals surface area (Å²) in [5.74, 6) is 0.0406. The molecule has 32 heavy (non-hydrogen) atoms. The van der Waals surface area contributed by atoms with Crippen LogP contribution in [0.4, 0.5) is 0 Å². The molecule has 0 aliphatic heterocycles. The van der Waals surface area contributed by atoms with Crippen molar-refractivity contribution in [1.29, 1.82) is 0 Å². The normalized spacial score (nSPS) is 12.5. The molecule has 3 N–H and O–H groups in total. The van der Waals surface area contributed by atoms with Gasteiger partial charge in [-0.25, -0.2) is 4.98 Å². The molecule has 3 aromatic heterocycles. The number of fused-ring (bicyclic) bond motifs is 2. The van der Waals surface area contributed by atoms with Crippen LogP contribution in [0.1, 0.15) is 22.2 Å². The molecule has 0 fully saturated rings. The highest BCUT2D eigenvalue weighted by atomic mass is 16.2. The molecular formula is C24H23N7O. The summed E-state index contributed by atoms with van der Waals surface area (Å²) >= 11 is 0. The van der Waals surface area contributed by atoms with Crippen LogP contribution in [0.15, 0.2) is 67.0 Å². The zero-order valence-electron chi connectivity index (χ0n) is 17.8. The Labute approximate surface area is 184 Å². The van der Waals surface area contributed by atoms with E-state index >= 15 is 0 Å². The number of hydrogen-bond donors (Lipinski definition) is 3. The number of amides is 1. The van der Waals surface area contributed by atoms with E-state index in [2.05, 4.69) is 30.5 Å². The molecule has 0 aliphatic carbocycles. The van der Waals surface area contributed by atoms with Crippen LogP contribution in [0.3, 0.4) is 0 Å². The Bertz CT molecular complexity index is 1370. The zero-order valence-corrected chi connectivity index (χ0v) is 17.8. The number of carbonyl (C=O) groups is 1. The lowest BCUT2D eigenvalue weighted by Crippen LogP contribution is -2.35. The average Bonchev–Trinajstić information content (AvgIpc) is 3.41. The molecule has 2 aromatic carbocycles. The second kappa shape index (κ2) is 8.24. The Hall–Kier alpha value is -4.04. The number of H-pyrrole nitrogens is 2. The molecular weight excluding hydrogens is 402 g/mol. The van der Waals surface area contributed by atoms with Gasteiger partial charge in [0.15, 0.2) is 5.82 Å². The van der Waals surface area contributed by atoms with Crippen LogP contribution in [0.5, 0.6) is 0 Å². The molecule has 8 nitrogen and oxygen atoms in total. The second-order valence-electron chi connectivity index (χ2n) is 8.01. The Morgan fingerprint density at radius 2 is 1.84 bits per heavy atom. The summed E-state index contributed by atoms with van der Waals surface area (Å²) in [4.78, 5) is 26.9. The van der Waals surface area contributed by atoms with Gasteiger partial charge < -0.3 is 15.2 Å². The molecule has 5 rings (SSSR count). The lowest BCUT2D eigenvalue weighted by molar-refractivity contribution is 0.0920. The highest BCUT2D eigenvalue weighted by Gasteiger charge is 2.20. The van der Waals surface area contributed by atoms with Gasteiger partial charge in [-0.3, -0.25) is 14.9 Å². The van der Waals surface area contributed by atoms with Crippen molar-refractivity contribution >= 4 is 27.8 Å². The molecule has 1 atom stereocenters. The van der Waals surface area contributed by atoms with Crippen molar-refractivity contribution in [3.63, 3.8) is 0 Å². The molecule has 5 aromatic rings. The van der Waals surface area contributed by atoms with Crippen LogP contribution in [0.25, 0.3) is 33.2 Å². The van der Waals surface area contributed by atoms with Crippen LogP contribution in [-0.2, 0) is 0 Å². The molecule has 0 bridgehead atoms. The summed E-state index contributed by atoms with van der Waals surface area (Å²) in [6.07, 6.45) is 3.48. The van der Waals surface area contributed by atoms with E-state index in [1.54, 1.807) is 12.4 Å². The maximum absolute atomic E-state index is 13.0. The Balaban J connectivity index is 1.47. The molecule has 0 saturated heterocycles. The van der Waals surface area contributed by atoms with Crippen molar-refractivity contribution in [3.8, 4) is 11.3 Å². The number of likely N-dealkylation sites (N-methyl/N-ethyl adjacent to an activating group) is 1. The third kappa shape index (κ3) is 3.83. The fourth-order valence-electron chi connectivity index (χ4n) is 3.87. The number of rotatable bonds is 6. The van der Waals surface area contributed by atoms with Gasteiger partial charge in [-0.1, -0.05) is 30.3 Å². The number of imidazole rings is 1. The van der Waals surface area contributed by atoms with E-state index < -0.39 is 0 Å². The van der Waals surface area contributed by atoms with E-state index in [1.807, 2.05) is 73.6 Å². The first kappa shape index (κ1) is 19.9. The van der Waals surface area contributed by atoms with E-state index in [0.29, 0.717) is 12.1 Å². The Kier molecular flexibility index (Phi) is 5.12. The lowest BCUT2D eigenvalue weighted by Gasteiger charge is -2.22. The van der Waals surface area contributed by atoms with Crippen LogP contribution >= 0.6 is 0 Å². The largest absolute Gasteiger partial charge is 0.341 e. The molecule has 0 spiro atoms. The first-order chi connectivity index (χ1) is 15.6. The van der Waals surface area contributed by atoms with Crippen LogP contribution in [0, 0.1) is 0 Å². The first-order valence-electron chi connectivity index (χ1n) is 10.4. The zero-order chi connectivity index (χ0) is 22.1. The van der Waals surface area contributed by atoms with Gasteiger partial charge in [0.2, 0.25) is 0 Å². The van der Waals surface area contributed by atoms with Crippen LogP contribution in [-0.4, -0.2) is 56.6 Å². The van der Waals surface area contributed by atoms with E-state index in [0.717, 1.165) is 33.2 Å². The molecule has 3 heterocycles. The number of carbonyl (C=O) groups excluding carboxylic acids is 1. The average molecular weight is 425 g/mol. The molecule has 0 aliphatic rings. The minimum Gasteiger partial charge on any atom is -0.341 e. The summed E-state index contributed by atoms with van der Waals surface area (Å²) in [5, 5.41) is 11.6. The number of nitrogens with one attached hydrogen (secondary N) is 3. The Morgan fingerprint density at radius 1 is 1.06 bits per heavy atom. The van der Waals surface area contributed by atoms with Gasteiger partial charge >= 0.3 is 0 Å².